The van der Waals surface area contributed by atoms with Crippen LogP contribution in [0.4, 0.5) is 5.69 Å². The monoisotopic (exact) mass is 293 g/mol. The van der Waals surface area contributed by atoms with Gasteiger partial charge in [0.15, 0.2) is 5.15 Å². The van der Waals surface area contributed by atoms with Gasteiger partial charge in [0, 0.05) is 12.2 Å². The van der Waals surface area contributed by atoms with Gasteiger partial charge in [-0.05, 0) is 43.7 Å². The fraction of sp³-hybridized carbons (Fsp3) is 0.600. The average Bonchev–Trinajstić information content (AvgIpc) is 2.87. The van der Waals surface area contributed by atoms with Crippen LogP contribution in [-0.2, 0) is 4.79 Å². The summed E-state index contributed by atoms with van der Waals surface area (Å²) in [5, 5.41) is 6.77. The van der Waals surface area contributed by atoms with E-state index in [1.807, 2.05) is 13.0 Å². The van der Waals surface area contributed by atoms with Crippen molar-refractivity contribution in [2.75, 3.05) is 5.32 Å². The lowest BCUT2D eigenvalue weighted by atomic mass is 9.85. The summed E-state index contributed by atoms with van der Waals surface area (Å²) in [6.45, 7) is 1.92. The molecule has 20 heavy (non-hydrogen) atoms. The molecule has 4 nitrogen and oxygen atoms in total. The number of nitrogens with one attached hydrogen (secondary N) is 2. The number of anilines is 1. The predicted octanol–water partition coefficient (Wildman–Crippen LogP) is 2.90. The van der Waals surface area contributed by atoms with Gasteiger partial charge in [-0.3, -0.25) is 4.79 Å². The molecule has 1 aromatic rings. The molecule has 1 aliphatic heterocycles. The lowest BCUT2D eigenvalue weighted by Crippen LogP contribution is -2.40. The average molecular weight is 294 g/mol. The number of aryl methyl sites for hydroxylation is 1. The molecule has 0 radical (unpaired) electrons. The van der Waals surface area contributed by atoms with E-state index in [0.717, 1.165) is 12.0 Å². The Morgan fingerprint density at radius 1 is 1.45 bits per heavy atom. The van der Waals surface area contributed by atoms with Gasteiger partial charge in [-0.15, -0.1) is 0 Å². The maximum Gasteiger partial charge on any atom is 0.241 e. The molecule has 1 saturated heterocycles. The zero-order chi connectivity index (χ0) is 14.1. The van der Waals surface area contributed by atoms with Crippen LogP contribution >= 0.6 is 11.6 Å². The Morgan fingerprint density at radius 2 is 2.25 bits per heavy atom. The van der Waals surface area contributed by atoms with Gasteiger partial charge in [0.1, 0.15) is 0 Å². The highest BCUT2D eigenvalue weighted by molar-refractivity contribution is 6.32. The van der Waals surface area contributed by atoms with Gasteiger partial charge in [-0.1, -0.05) is 24.4 Å². The summed E-state index contributed by atoms with van der Waals surface area (Å²) in [4.78, 5) is 16.4. The lowest BCUT2D eigenvalue weighted by Gasteiger charge is -2.24. The molecule has 0 bridgehead atoms. The highest BCUT2D eigenvalue weighted by Gasteiger charge is 2.38. The van der Waals surface area contributed by atoms with Crippen molar-refractivity contribution >= 4 is 23.2 Å². The van der Waals surface area contributed by atoms with Crippen LogP contribution in [0.3, 0.4) is 0 Å². The highest BCUT2D eigenvalue weighted by atomic mass is 35.5. The predicted molar refractivity (Wildman–Crippen MR) is 79.9 cm³/mol. The van der Waals surface area contributed by atoms with Crippen LogP contribution in [0.2, 0.25) is 5.15 Å². The third-order valence-corrected chi connectivity index (χ3v) is 4.83. The van der Waals surface area contributed by atoms with Crippen molar-refractivity contribution in [2.45, 2.75) is 51.1 Å². The van der Waals surface area contributed by atoms with Crippen LogP contribution < -0.4 is 10.6 Å². The number of rotatable bonds is 2. The summed E-state index contributed by atoms with van der Waals surface area (Å²) in [6.07, 6.45) is 7.60. The van der Waals surface area contributed by atoms with Crippen molar-refractivity contribution in [2.24, 2.45) is 5.92 Å². The largest absolute Gasteiger partial charge is 0.322 e. The molecule has 0 spiro atoms. The minimum Gasteiger partial charge on any atom is -0.322 e. The Labute approximate surface area is 124 Å². The molecular weight excluding hydrogens is 274 g/mol. The summed E-state index contributed by atoms with van der Waals surface area (Å²) >= 11 is 6.06. The molecule has 1 aliphatic carbocycles. The molecule has 5 heteroatoms. The maximum atomic E-state index is 12.4. The molecular formula is C15H20ClN3O. The fourth-order valence-corrected chi connectivity index (χ4v) is 3.66. The van der Waals surface area contributed by atoms with E-state index in [1.165, 1.54) is 25.7 Å². The summed E-state index contributed by atoms with van der Waals surface area (Å²) in [7, 11) is 0. The molecule has 1 amide bonds. The van der Waals surface area contributed by atoms with Gasteiger partial charge in [0.2, 0.25) is 5.91 Å². The summed E-state index contributed by atoms with van der Waals surface area (Å²) in [5.41, 5.74) is 1.57. The van der Waals surface area contributed by atoms with Crippen molar-refractivity contribution in [3.8, 4) is 0 Å². The van der Waals surface area contributed by atoms with Crippen LogP contribution in [-0.4, -0.2) is 23.0 Å². The number of hydrogen-bond donors (Lipinski definition) is 2. The van der Waals surface area contributed by atoms with Crippen LogP contribution in [0.15, 0.2) is 12.3 Å². The van der Waals surface area contributed by atoms with Gasteiger partial charge >= 0.3 is 0 Å². The summed E-state index contributed by atoms with van der Waals surface area (Å²) in [5.74, 6) is 0.669. The van der Waals surface area contributed by atoms with E-state index >= 15 is 0 Å². The lowest BCUT2D eigenvalue weighted by molar-refractivity contribution is -0.117. The smallest absolute Gasteiger partial charge is 0.241 e. The number of carbonyl (C=O) groups excluding carboxylic acids is 1. The second-order valence-corrected chi connectivity index (χ2v) is 6.25. The third kappa shape index (κ3) is 2.67. The Balaban J connectivity index is 1.68. The van der Waals surface area contributed by atoms with Crippen LogP contribution in [0.25, 0.3) is 0 Å². The summed E-state index contributed by atoms with van der Waals surface area (Å²) < 4.78 is 0. The molecule has 1 aromatic heterocycles. The number of fused-ring (bicyclic) bond motifs is 1. The van der Waals surface area contributed by atoms with E-state index in [4.69, 9.17) is 11.6 Å². The van der Waals surface area contributed by atoms with E-state index in [1.54, 1.807) is 6.20 Å². The first-order chi connectivity index (χ1) is 9.65. The molecule has 2 N–H and O–H groups in total. The van der Waals surface area contributed by atoms with Crippen molar-refractivity contribution in [1.82, 2.24) is 10.3 Å². The van der Waals surface area contributed by atoms with E-state index < -0.39 is 0 Å². The molecule has 1 saturated carbocycles. The fourth-order valence-electron chi connectivity index (χ4n) is 3.41. The summed E-state index contributed by atoms with van der Waals surface area (Å²) in [6, 6.07) is 2.27. The number of nitrogens with zero attached hydrogens (tertiary/aromatic N) is 1. The van der Waals surface area contributed by atoms with Crippen molar-refractivity contribution in [3.05, 3.63) is 23.0 Å². The molecule has 2 fully saturated rings. The molecule has 108 valence electrons. The molecule has 2 heterocycles. The zero-order valence-electron chi connectivity index (χ0n) is 11.7. The van der Waals surface area contributed by atoms with Crippen LogP contribution in [0.5, 0.6) is 0 Å². The van der Waals surface area contributed by atoms with E-state index in [0.29, 0.717) is 22.8 Å². The molecule has 3 unspecified atom stereocenters. The number of hydrogen-bond acceptors (Lipinski definition) is 3. The molecule has 0 aromatic carbocycles. The van der Waals surface area contributed by atoms with E-state index in [-0.39, 0.29) is 11.9 Å². The van der Waals surface area contributed by atoms with Crippen LogP contribution in [0, 0.1) is 12.8 Å². The minimum absolute atomic E-state index is 0.0115. The van der Waals surface area contributed by atoms with Crippen molar-refractivity contribution < 1.29 is 4.79 Å². The van der Waals surface area contributed by atoms with Gasteiger partial charge in [0.05, 0.1) is 11.7 Å². The first-order valence-electron chi connectivity index (χ1n) is 7.33. The second-order valence-electron chi connectivity index (χ2n) is 5.89. The van der Waals surface area contributed by atoms with Gasteiger partial charge in [-0.2, -0.15) is 0 Å². The third-order valence-electron chi connectivity index (χ3n) is 4.54. The number of amides is 1. The van der Waals surface area contributed by atoms with E-state index in [2.05, 4.69) is 15.6 Å². The van der Waals surface area contributed by atoms with Crippen molar-refractivity contribution in [3.63, 3.8) is 0 Å². The number of carbonyl (C=O) groups is 1. The Hall–Kier alpha value is -1.13. The maximum absolute atomic E-state index is 12.4. The standard InChI is InChI=1S/C15H20ClN3O/c1-9-6-7-17-14(16)13(9)19-15(20)12-8-10-4-2-3-5-11(10)18-12/h6-7,10-12,18H,2-5,8H2,1H3,(H,19,20). The molecule has 3 rings (SSSR count). The van der Waals surface area contributed by atoms with Crippen LogP contribution in [0.1, 0.15) is 37.7 Å². The Morgan fingerprint density at radius 3 is 3.00 bits per heavy atom. The highest BCUT2D eigenvalue weighted by Crippen LogP contribution is 2.33. The molecule has 3 atom stereocenters. The number of halogens is 1. The zero-order valence-corrected chi connectivity index (χ0v) is 12.4. The first kappa shape index (κ1) is 13.8. The topological polar surface area (TPSA) is 54.0 Å². The van der Waals surface area contributed by atoms with Gasteiger partial charge in [0.25, 0.3) is 0 Å². The number of pyridine rings is 1. The molecule has 2 aliphatic rings. The quantitative estimate of drug-likeness (QED) is 0.825. The number of aromatic nitrogens is 1. The van der Waals surface area contributed by atoms with Gasteiger partial charge in [-0.25, -0.2) is 4.98 Å². The first-order valence-corrected chi connectivity index (χ1v) is 7.71. The Kier molecular flexibility index (Phi) is 3.94. The van der Waals surface area contributed by atoms with Crippen molar-refractivity contribution in [1.29, 1.82) is 0 Å². The minimum atomic E-state index is -0.0984. The van der Waals surface area contributed by atoms with E-state index in [9.17, 15) is 4.79 Å². The van der Waals surface area contributed by atoms with Gasteiger partial charge < -0.3 is 10.6 Å². The second kappa shape index (κ2) is 5.70. The SMILES string of the molecule is Cc1ccnc(Cl)c1NC(=O)C1CC2CCCCC2N1. The normalized spacial score (nSPS) is 29.0. The Bertz CT molecular complexity index is 486.